The molecule has 3 rings (SSSR count). The van der Waals surface area contributed by atoms with Crippen LogP contribution in [0.3, 0.4) is 0 Å². The molecule has 2 aromatic carbocycles. The number of ether oxygens (including phenoxy) is 2. The lowest BCUT2D eigenvalue weighted by Crippen LogP contribution is -2.64. The number of benzene rings is 2. The summed E-state index contributed by atoms with van der Waals surface area (Å²) in [6, 6.07) is 10.9. The zero-order valence-electron chi connectivity index (χ0n) is 21.8. The van der Waals surface area contributed by atoms with Gasteiger partial charge in [-0.25, -0.2) is 4.79 Å². The van der Waals surface area contributed by atoms with Crippen LogP contribution in [-0.2, 0) is 4.74 Å². The van der Waals surface area contributed by atoms with Crippen LogP contribution in [0.1, 0.15) is 71.0 Å². The largest absolute Gasteiger partial charge is 0.496 e. The van der Waals surface area contributed by atoms with Crippen LogP contribution in [0.2, 0.25) is 0 Å². The first-order valence-corrected chi connectivity index (χ1v) is 11.9. The normalized spacial score (nSPS) is 18.1. The second kappa shape index (κ2) is 10.1. The topological polar surface area (TPSA) is 84.9 Å². The summed E-state index contributed by atoms with van der Waals surface area (Å²) in [7, 11) is 1.55. The number of aryl methyl sites for hydroxylation is 2. The van der Waals surface area contributed by atoms with Crippen LogP contribution in [0.5, 0.6) is 5.75 Å². The Labute approximate surface area is 207 Å². The van der Waals surface area contributed by atoms with Gasteiger partial charge in [-0.2, -0.15) is 0 Å². The van der Waals surface area contributed by atoms with Gasteiger partial charge in [0.25, 0.3) is 5.91 Å². The average molecular weight is 481 g/mol. The van der Waals surface area contributed by atoms with Crippen LogP contribution in [0.25, 0.3) is 0 Å². The zero-order valence-corrected chi connectivity index (χ0v) is 21.8. The molecule has 7 heteroatoms. The van der Waals surface area contributed by atoms with Crippen molar-refractivity contribution in [1.82, 2.24) is 10.2 Å². The Balaban J connectivity index is 2.02. The van der Waals surface area contributed by atoms with E-state index in [1.54, 1.807) is 53.0 Å². The van der Waals surface area contributed by atoms with Gasteiger partial charge < -0.3 is 19.7 Å². The van der Waals surface area contributed by atoms with E-state index in [-0.39, 0.29) is 18.2 Å². The van der Waals surface area contributed by atoms with Crippen LogP contribution in [0, 0.1) is 20.8 Å². The minimum Gasteiger partial charge on any atom is -0.496 e. The van der Waals surface area contributed by atoms with Gasteiger partial charge in [-0.05, 0) is 78.6 Å². The number of ketones is 1. The number of amides is 2. The fourth-order valence-electron chi connectivity index (χ4n) is 4.63. The third kappa shape index (κ3) is 6.02. The van der Waals surface area contributed by atoms with E-state index in [1.807, 2.05) is 32.0 Å². The highest BCUT2D eigenvalue weighted by Gasteiger charge is 2.46. The molecule has 2 aromatic rings. The van der Waals surface area contributed by atoms with Crippen molar-refractivity contribution < 1.29 is 23.9 Å². The Morgan fingerprint density at radius 2 is 1.69 bits per heavy atom. The number of piperidine rings is 1. The summed E-state index contributed by atoms with van der Waals surface area (Å²) in [5.41, 5.74) is 1.57. The SMILES string of the molecule is COc1cccc(C(=O)NC2(C(=O)c3cc(C)cc(C)c3)CCCN(C(=O)OC(C)(C)C)C2)c1C. The van der Waals surface area contributed by atoms with Gasteiger partial charge in [-0.15, -0.1) is 0 Å². The third-order valence-electron chi connectivity index (χ3n) is 6.16. The molecule has 0 aromatic heterocycles. The van der Waals surface area contributed by atoms with E-state index < -0.39 is 17.2 Å². The lowest BCUT2D eigenvalue weighted by atomic mass is 9.81. The van der Waals surface area contributed by atoms with E-state index in [2.05, 4.69) is 5.32 Å². The number of Topliss-reactive ketones (excluding diaryl/α,β-unsaturated/α-hetero) is 1. The number of nitrogens with zero attached hydrogens (tertiary/aromatic N) is 1. The van der Waals surface area contributed by atoms with Gasteiger partial charge in [0.05, 0.1) is 13.7 Å². The van der Waals surface area contributed by atoms with Crippen molar-refractivity contribution >= 4 is 17.8 Å². The highest BCUT2D eigenvalue weighted by atomic mass is 16.6. The molecule has 2 amide bonds. The molecule has 1 unspecified atom stereocenters. The lowest BCUT2D eigenvalue weighted by molar-refractivity contribution is 0.0117. The lowest BCUT2D eigenvalue weighted by Gasteiger charge is -2.42. The van der Waals surface area contributed by atoms with Crippen molar-refractivity contribution in [2.24, 2.45) is 0 Å². The van der Waals surface area contributed by atoms with E-state index in [0.717, 1.165) is 11.1 Å². The number of rotatable bonds is 5. The second-order valence-electron chi connectivity index (χ2n) is 10.4. The first kappa shape index (κ1) is 26.3. The smallest absolute Gasteiger partial charge is 0.410 e. The molecule has 1 heterocycles. The molecular formula is C28H36N2O5. The maximum absolute atomic E-state index is 14.0. The summed E-state index contributed by atoms with van der Waals surface area (Å²) in [6.45, 7) is 11.6. The summed E-state index contributed by atoms with van der Waals surface area (Å²) >= 11 is 0. The Hall–Kier alpha value is -3.35. The molecule has 1 aliphatic rings. The second-order valence-corrected chi connectivity index (χ2v) is 10.4. The Bertz CT molecular complexity index is 1110. The molecule has 0 spiro atoms. The molecule has 0 radical (unpaired) electrons. The van der Waals surface area contributed by atoms with Crippen LogP contribution < -0.4 is 10.1 Å². The van der Waals surface area contributed by atoms with Gasteiger partial charge in [-0.1, -0.05) is 23.3 Å². The number of hydrogen-bond acceptors (Lipinski definition) is 5. The van der Waals surface area contributed by atoms with E-state index in [0.29, 0.717) is 41.8 Å². The van der Waals surface area contributed by atoms with Gasteiger partial charge >= 0.3 is 6.09 Å². The minimum atomic E-state index is -1.29. The monoisotopic (exact) mass is 480 g/mol. The van der Waals surface area contributed by atoms with Crippen molar-refractivity contribution in [3.63, 3.8) is 0 Å². The standard InChI is InChI=1S/C28H36N2O5/c1-18-14-19(2)16-21(15-18)24(31)28(12-9-13-30(17-28)26(33)35-27(4,5)6)29-25(32)22-10-8-11-23(34-7)20(22)3/h8,10-11,14-16H,9,12-13,17H2,1-7H3,(H,29,32). The van der Waals surface area contributed by atoms with Gasteiger partial charge in [0.2, 0.25) is 0 Å². The maximum atomic E-state index is 14.0. The molecule has 1 aliphatic heterocycles. The maximum Gasteiger partial charge on any atom is 0.410 e. The van der Waals surface area contributed by atoms with Crippen molar-refractivity contribution in [3.8, 4) is 5.75 Å². The van der Waals surface area contributed by atoms with Crippen molar-refractivity contribution in [2.45, 2.75) is 65.5 Å². The molecule has 0 bridgehead atoms. The Morgan fingerprint density at radius 1 is 1.03 bits per heavy atom. The van der Waals surface area contributed by atoms with E-state index in [1.165, 1.54) is 4.90 Å². The average Bonchev–Trinajstić information content (AvgIpc) is 2.77. The minimum absolute atomic E-state index is 0.0303. The number of methoxy groups -OCH3 is 1. The van der Waals surface area contributed by atoms with E-state index in [9.17, 15) is 14.4 Å². The van der Waals surface area contributed by atoms with E-state index >= 15 is 0 Å². The number of nitrogens with one attached hydrogen (secondary N) is 1. The van der Waals surface area contributed by atoms with Crippen LogP contribution >= 0.6 is 0 Å². The fourth-order valence-corrected chi connectivity index (χ4v) is 4.63. The summed E-state index contributed by atoms with van der Waals surface area (Å²) < 4.78 is 11.0. The van der Waals surface area contributed by atoms with Gasteiger partial charge in [0, 0.05) is 23.2 Å². The predicted molar refractivity (Wildman–Crippen MR) is 135 cm³/mol. The number of carbonyl (C=O) groups is 3. The first-order valence-electron chi connectivity index (χ1n) is 11.9. The van der Waals surface area contributed by atoms with Crippen LogP contribution in [0.15, 0.2) is 36.4 Å². The Kier molecular flexibility index (Phi) is 7.58. The van der Waals surface area contributed by atoms with Gasteiger partial charge in [-0.3, -0.25) is 9.59 Å². The molecular weight excluding hydrogens is 444 g/mol. The van der Waals surface area contributed by atoms with E-state index in [4.69, 9.17) is 9.47 Å². The fraction of sp³-hybridized carbons (Fsp3) is 0.464. The summed E-state index contributed by atoms with van der Waals surface area (Å²) in [4.78, 5) is 42.0. The third-order valence-corrected chi connectivity index (χ3v) is 6.16. The molecule has 7 nitrogen and oxygen atoms in total. The summed E-state index contributed by atoms with van der Waals surface area (Å²) in [6.07, 6.45) is 0.460. The zero-order chi connectivity index (χ0) is 26.0. The first-order chi connectivity index (χ1) is 16.3. The predicted octanol–water partition coefficient (Wildman–Crippen LogP) is 5.00. The molecule has 188 valence electrons. The molecule has 1 fully saturated rings. The van der Waals surface area contributed by atoms with Gasteiger partial charge in [0.15, 0.2) is 5.78 Å². The highest BCUT2D eigenvalue weighted by molar-refractivity contribution is 6.08. The quantitative estimate of drug-likeness (QED) is 0.609. The van der Waals surface area contributed by atoms with Crippen molar-refractivity contribution in [3.05, 3.63) is 64.2 Å². The van der Waals surface area contributed by atoms with Crippen molar-refractivity contribution in [2.75, 3.05) is 20.2 Å². The highest BCUT2D eigenvalue weighted by Crippen LogP contribution is 2.29. The number of carbonyl (C=O) groups excluding carboxylic acids is 3. The Morgan fingerprint density at radius 3 is 2.29 bits per heavy atom. The molecule has 35 heavy (non-hydrogen) atoms. The molecule has 0 saturated carbocycles. The molecule has 1 saturated heterocycles. The summed E-state index contributed by atoms with van der Waals surface area (Å²) in [5, 5.41) is 3.03. The van der Waals surface area contributed by atoms with Crippen molar-refractivity contribution in [1.29, 1.82) is 0 Å². The van der Waals surface area contributed by atoms with Crippen LogP contribution in [-0.4, -0.2) is 54.0 Å². The summed E-state index contributed by atoms with van der Waals surface area (Å²) in [5.74, 6) is -0.0111. The van der Waals surface area contributed by atoms with Crippen LogP contribution in [0.4, 0.5) is 4.79 Å². The number of likely N-dealkylation sites (tertiary alicyclic amines) is 1. The molecule has 1 N–H and O–H groups in total. The molecule has 0 aliphatic carbocycles. The molecule has 1 atom stereocenters. The van der Waals surface area contributed by atoms with Gasteiger partial charge in [0.1, 0.15) is 16.9 Å². The number of hydrogen-bond donors (Lipinski definition) is 1.